The van der Waals surface area contributed by atoms with Gasteiger partial charge in [-0.25, -0.2) is 9.97 Å². The van der Waals surface area contributed by atoms with E-state index in [4.69, 9.17) is 4.98 Å². The summed E-state index contributed by atoms with van der Waals surface area (Å²) < 4.78 is 0. The van der Waals surface area contributed by atoms with E-state index >= 15 is 0 Å². The van der Waals surface area contributed by atoms with Crippen LogP contribution in [-0.2, 0) is 6.54 Å². The Morgan fingerprint density at radius 3 is 2.43 bits per heavy atom. The number of rotatable bonds is 9. The summed E-state index contributed by atoms with van der Waals surface area (Å²) in [6.45, 7) is 13.4. The molecule has 1 aromatic heterocycles. The molecule has 2 rings (SSSR count). The highest BCUT2D eigenvalue weighted by atomic mass is 32.2. The van der Waals surface area contributed by atoms with E-state index in [1.807, 2.05) is 11.8 Å². The van der Waals surface area contributed by atoms with Crippen LogP contribution in [0.15, 0.2) is 11.2 Å². The molecule has 0 aliphatic carbocycles. The van der Waals surface area contributed by atoms with E-state index < -0.39 is 0 Å². The minimum atomic E-state index is 0.962. The Hall–Kier alpha value is -0.650. The van der Waals surface area contributed by atoms with Crippen LogP contribution in [0.3, 0.4) is 0 Å². The molecule has 0 unspecified atom stereocenters. The lowest BCUT2D eigenvalue weighted by molar-refractivity contribution is 0.130. The maximum atomic E-state index is 4.78. The first-order valence-corrected chi connectivity index (χ1v) is 10.1. The molecule has 0 N–H and O–H groups in total. The van der Waals surface area contributed by atoms with Gasteiger partial charge in [0.2, 0.25) is 0 Å². The van der Waals surface area contributed by atoms with Crippen LogP contribution < -0.4 is 0 Å². The molecule has 130 valence electrons. The molecule has 0 radical (unpaired) electrons. The molecule has 0 amide bonds. The van der Waals surface area contributed by atoms with Crippen LogP contribution in [0.25, 0.3) is 0 Å². The number of thioether (sulfide) groups is 1. The summed E-state index contributed by atoms with van der Waals surface area (Å²) >= 11 is 1.82. The Labute approximate surface area is 146 Å². The van der Waals surface area contributed by atoms with E-state index in [1.165, 1.54) is 51.0 Å². The standard InChI is InChI=1S/C18H32N4S/c1-4-6-7-8-13-23-18-19-16(3)14-17(20-18)15-22-11-9-21(5-2)10-12-22/h14H,4-13,15H2,1-3H3. The summed E-state index contributed by atoms with van der Waals surface area (Å²) in [6.07, 6.45) is 5.22. The highest BCUT2D eigenvalue weighted by Crippen LogP contribution is 2.18. The zero-order chi connectivity index (χ0) is 16.5. The van der Waals surface area contributed by atoms with Crippen molar-refractivity contribution in [2.45, 2.75) is 58.2 Å². The molecule has 1 aliphatic heterocycles. The summed E-state index contributed by atoms with van der Waals surface area (Å²) in [4.78, 5) is 14.4. The van der Waals surface area contributed by atoms with Crippen molar-refractivity contribution in [3.63, 3.8) is 0 Å². The predicted molar refractivity (Wildman–Crippen MR) is 99.0 cm³/mol. The Kier molecular flexibility index (Phi) is 8.34. The summed E-state index contributed by atoms with van der Waals surface area (Å²) in [7, 11) is 0. The molecule has 0 spiro atoms. The highest BCUT2D eigenvalue weighted by molar-refractivity contribution is 7.99. The fourth-order valence-corrected chi connectivity index (χ4v) is 3.86. The molecule has 1 aromatic rings. The quantitative estimate of drug-likeness (QED) is 0.391. The largest absolute Gasteiger partial charge is 0.301 e. The van der Waals surface area contributed by atoms with Crippen molar-refractivity contribution < 1.29 is 0 Å². The third-order valence-corrected chi connectivity index (χ3v) is 5.35. The van der Waals surface area contributed by atoms with Gasteiger partial charge >= 0.3 is 0 Å². The van der Waals surface area contributed by atoms with Crippen LogP contribution >= 0.6 is 11.8 Å². The first-order chi connectivity index (χ1) is 11.2. The smallest absolute Gasteiger partial charge is 0.188 e. The Bertz CT molecular complexity index is 458. The van der Waals surface area contributed by atoms with Gasteiger partial charge in [-0.1, -0.05) is 44.9 Å². The van der Waals surface area contributed by atoms with Gasteiger partial charge in [0, 0.05) is 44.2 Å². The van der Waals surface area contributed by atoms with Gasteiger partial charge in [0.1, 0.15) is 0 Å². The molecule has 1 aliphatic rings. The van der Waals surface area contributed by atoms with Crippen LogP contribution in [0.5, 0.6) is 0 Å². The lowest BCUT2D eigenvalue weighted by atomic mass is 10.2. The maximum Gasteiger partial charge on any atom is 0.188 e. The number of likely N-dealkylation sites (N-methyl/N-ethyl adjacent to an activating group) is 1. The fourth-order valence-electron chi connectivity index (χ4n) is 2.93. The highest BCUT2D eigenvalue weighted by Gasteiger charge is 2.16. The van der Waals surface area contributed by atoms with Crippen molar-refractivity contribution in [1.82, 2.24) is 19.8 Å². The van der Waals surface area contributed by atoms with Crippen molar-refractivity contribution in [3.8, 4) is 0 Å². The summed E-state index contributed by atoms with van der Waals surface area (Å²) in [5.41, 5.74) is 2.27. The van der Waals surface area contributed by atoms with E-state index in [-0.39, 0.29) is 0 Å². The second-order valence-electron chi connectivity index (χ2n) is 6.40. The SMILES string of the molecule is CCCCCCSc1nc(C)cc(CN2CCN(CC)CC2)n1. The van der Waals surface area contributed by atoms with Crippen LogP contribution in [0.4, 0.5) is 0 Å². The van der Waals surface area contributed by atoms with Gasteiger partial charge < -0.3 is 4.90 Å². The molecule has 1 saturated heterocycles. The number of aryl methyl sites for hydroxylation is 1. The number of unbranched alkanes of at least 4 members (excludes halogenated alkanes) is 3. The Morgan fingerprint density at radius 1 is 1.00 bits per heavy atom. The zero-order valence-corrected chi connectivity index (χ0v) is 15.9. The number of hydrogen-bond acceptors (Lipinski definition) is 5. The van der Waals surface area contributed by atoms with Crippen molar-refractivity contribution in [1.29, 1.82) is 0 Å². The minimum Gasteiger partial charge on any atom is -0.301 e. The van der Waals surface area contributed by atoms with Crippen molar-refractivity contribution >= 4 is 11.8 Å². The lowest BCUT2D eigenvalue weighted by Crippen LogP contribution is -2.45. The van der Waals surface area contributed by atoms with Crippen LogP contribution in [0.1, 0.15) is 50.9 Å². The van der Waals surface area contributed by atoms with Crippen molar-refractivity contribution in [3.05, 3.63) is 17.5 Å². The molecule has 23 heavy (non-hydrogen) atoms. The molecule has 0 saturated carbocycles. The van der Waals surface area contributed by atoms with Gasteiger partial charge in [0.05, 0.1) is 5.69 Å². The van der Waals surface area contributed by atoms with E-state index in [1.54, 1.807) is 0 Å². The molecule has 4 nitrogen and oxygen atoms in total. The lowest BCUT2D eigenvalue weighted by Gasteiger charge is -2.33. The van der Waals surface area contributed by atoms with Crippen molar-refractivity contribution in [2.75, 3.05) is 38.5 Å². The summed E-state index contributed by atoms with van der Waals surface area (Å²) in [5, 5.41) is 0.962. The first kappa shape index (κ1) is 18.7. The maximum absolute atomic E-state index is 4.78. The predicted octanol–water partition coefficient (Wildman–Crippen LogP) is 3.59. The molecular weight excluding hydrogens is 304 g/mol. The average molecular weight is 337 g/mol. The van der Waals surface area contributed by atoms with Crippen molar-refractivity contribution in [2.24, 2.45) is 0 Å². The molecule has 5 heteroatoms. The van der Waals surface area contributed by atoms with E-state index in [0.717, 1.165) is 36.2 Å². The second kappa shape index (κ2) is 10.3. The molecule has 2 heterocycles. The van der Waals surface area contributed by atoms with Crippen LogP contribution in [-0.4, -0.2) is 58.2 Å². The molecule has 1 fully saturated rings. The van der Waals surface area contributed by atoms with E-state index in [9.17, 15) is 0 Å². The van der Waals surface area contributed by atoms with Gasteiger partial charge in [-0.2, -0.15) is 0 Å². The third kappa shape index (κ3) is 6.77. The summed E-state index contributed by atoms with van der Waals surface area (Å²) in [5.74, 6) is 1.14. The Morgan fingerprint density at radius 2 is 1.74 bits per heavy atom. The van der Waals surface area contributed by atoms with Gasteiger partial charge in [0.15, 0.2) is 5.16 Å². The van der Waals surface area contributed by atoms with Crippen LogP contribution in [0, 0.1) is 6.92 Å². The fraction of sp³-hybridized carbons (Fsp3) is 0.778. The normalized spacial score (nSPS) is 16.8. The number of hydrogen-bond donors (Lipinski definition) is 0. The van der Waals surface area contributed by atoms with Gasteiger partial charge in [-0.3, -0.25) is 4.90 Å². The molecular formula is C18H32N4S. The third-order valence-electron chi connectivity index (χ3n) is 4.41. The molecule has 0 aromatic carbocycles. The minimum absolute atomic E-state index is 0.962. The molecule has 0 bridgehead atoms. The Balaban J connectivity index is 1.82. The number of aromatic nitrogens is 2. The van der Waals surface area contributed by atoms with Gasteiger partial charge in [-0.05, 0) is 26.0 Å². The van der Waals surface area contributed by atoms with Gasteiger partial charge in [0.25, 0.3) is 0 Å². The first-order valence-electron chi connectivity index (χ1n) is 9.13. The van der Waals surface area contributed by atoms with Gasteiger partial charge in [-0.15, -0.1) is 0 Å². The monoisotopic (exact) mass is 336 g/mol. The zero-order valence-electron chi connectivity index (χ0n) is 15.1. The summed E-state index contributed by atoms with van der Waals surface area (Å²) in [6, 6.07) is 2.15. The topological polar surface area (TPSA) is 32.3 Å². The molecule has 0 atom stereocenters. The van der Waals surface area contributed by atoms with E-state index in [2.05, 4.69) is 41.6 Å². The van der Waals surface area contributed by atoms with E-state index in [0.29, 0.717) is 0 Å². The number of piperazine rings is 1. The average Bonchev–Trinajstić information content (AvgIpc) is 2.55. The number of nitrogens with zero attached hydrogens (tertiary/aromatic N) is 4. The van der Waals surface area contributed by atoms with Crippen LogP contribution in [0.2, 0.25) is 0 Å². The second-order valence-corrected chi connectivity index (χ2v) is 7.46.